The number of nitrogens with one attached hydrogen (secondary N) is 1. The van der Waals surface area contributed by atoms with Gasteiger partial charge in [-0.1, -0.05) is 24.6 Å². The van der Waals surface area contributed by atoms with Crippen molar-refractivity contribution in [2.45, 2.75) is 39.2 Å². The third-order valence-corrected chi connectivity index (χ3v) is 3.88. The number of nitrogens with zero attached hydrogens (tertiary/aromatic N) is 1. The molecule has 1 aliphatic carbocycles. The summed E-state index contributed by atoms with van der Waals surface area (Å²) < 4.78 is 0. The summed E-state index contributed by atoms with van der Waals surface area (Å²) in [6.07, 6.45) is 2.27. The lowest BCUT2D eigenvalue weighted by atomic mass is 9.85. The fraction of sp³-hybridized carbons (Fsp3) is 0.500. The topological polar surface area (TPSA) is 35.8 Å². The Labute approximate surface area is 97.3 Å². The lowest BCUT2D eigenvalue weighted by molar-refractivity contribution is 0.405. The minimum absolute atomic E-state index is 0.132. The first-order valence-corrected chi connectivity index (χ1v) is 5.75. The van der Waals surface area contributed by atoms with Crippen LogP contribution in [-0.4, -0.2) is 5.54 Å². The van der Waals surface area contributed by atoms with Crippen molar-refractivity contribution in [2.75, 3.05) is 5.32 Å². The van der Waals surface area contributed by atoms with E-state index < -0.39 is 5.54 Å². The SMILES string of the molecule is Cc1ccc(NC(C)(C#N)C2(C)CC2)cc1. The van der Waals surface area contributed by atoms with Gasteiger partial charge in [-0.15, -0.1) is 0 Å². The third kappa shape index (κ3) is 1.78. The van der Waals surface area contributed by atoms with Crippen LogP contribution in [0.4, 0.5) is 5.69 Å². The summed E-state index contributed by atoms with van der Waals surface area (Å²) in [6.45, 7) is 6.24. The number of rotatable bonds is 3. The first-order valence-electron chi connectivity index (χ1n) is 5.75. The molecule has 0 aliphatic heterocycles. The highest BCUT2D eigenvalue weighted by Gasteiger charge is 2.53. The molecule has 2 nitrogen and oxygen atoms in total. The molecule has 1 unspecified atom stereocenters. The van der Waals surface area contributed by atoms with E-state index in [-0.39, 0.29) is 5.41 Å². The van der Waals surface area contributed by atoms with Crippen molar-refractivity contribution in [2.24, 2.45) is 5.41 Å². The first-order chi connectivity index (χ1) is 7.49. The summed E-state index contributed by atoms with van der Waals surface area (Å²) in [4.78, 5) is 0. The summed E-state index contributed by atoms with van der Waals surface area (Å²) in [5.41, 5.74) is 1.94. The van der Waals surface area contributed by atoms with E-state index in [0.717, 1.165) is 18.5 Å². The van der Waals surface area contributed by atoms with Crippen LogP contribution in [0.1, 0.15) is 32.3 Å². The van der Waals surface area contributed by atoms with Gasteiger partial charge in [0.1, 0.15) is 5.54 Å². The number of benzene rings is 1. The van der Waals surface area contributed by atoms with Crippen molar-refractivity contribution in [1.82, 2.24) is 0 Å². The maximum absolute atomic E-state index is 9.36. The number of anilines is 1. The molecule has 2 heteroatoms. The fourth-order valence-corrected chi connectivity index (χ4v) is 1.93. The minimum atomic E-state index is -0.456. The van der Waals surface area contributed by atoms with Crippen molar-refractivity contribution in [3.05, 3.63) is 29.8 Å². The molecule has 16 heavy (non-hydrogen) atoms. The molecule has 0 heterocycles. The molecule has 1 aromatic carbocycles. The van der Waals surface area contributed by atoms with E-state index in [1.807, 2.05) is 19.1 Å². The fourth-order valence-electron chi connectivity index (χ4n) is 1.93. The van der Waals surface area contributed by atoms with Gasteiger partial charge in [-0.3, -0.25) is 0 Å². The maximum Gasteiger partial charge on any atom is 0.127 e. The molecule has 1 N–H and O–H groups in total. The highest BCUT2D eigenvalue weighted by molar-refractivity contribution is 5.50. The lowest BCUT2D eigenvalue weighted by Crippen LogP contribution is -2.41. The quantitative estimate of drug-likeness (QED) is 0.836. The number of hydrogen-bond acceptors (Lipinski definition) is 2. The zero-order valence-electron chi connectivity index (χ0n) is 10.2. The van der Waals surface area contributed by atoms with Crippen LogP contribution in [0.3, 0.4) is 0 Å². The zero-order valence-corrected chi connectivity index (χ0v) is 10.2. The summed E-state index contributed by atoms with van der Waals surface area (Å²) in [5.74, 6) is 0. The number of aryl methyl sites for hydroxylation is 1. The standard InChI is InChI=1S/C14H18N2/c1-11-4-6-12(7-5-11)16-14(3,10-15)13(2)8-9-13/h4-7,16H,8-9H2,1-3H3. The second kappa shape index (κ2) is 3.52. The van der Waals surface area contributed by atoms with E-state index in [0.29, 0.717) is 0 Å². The summed E-state index contributed by atoms with van der Waals surface area (Å²) >= 11 is 0. The van der Waals surface area contributed by atoms with Gasteiger partial charge in [-0.05, 0) is 38.8 Å². The van der Waals surface area contributed by atoms with E-state index >= 15 is 0 Å². The molecule has 1 aliphatic rings. The Balaban J connectivity index is 2.20. The molecule has 1 fully saturated rings. The normalized spacial score (nSPS) is 20.6. The van der Waals surface area contributed by atoms with E-state index in [1.54, 1.807) is 0 Å². The Morgan fingerprint density at radius 2 is 1.88 bits per heavy atom. The van der Waals surface area contributed by atoms with Gasteiger partial charge < -0.3 is 5.32 Å². The summed E-state index contributed by atoms with van der Waals surface area (Å²) in [7, 11) is 0. The van der Waals surface area contributed by atoms with Crippen LogP contribution in [0, 0.1) is 23.7 Å². The van der Waals surface area contributed by atoms with E-state index in [9.17, 15) is 5.26 Å². The van der Waals surface area contributed by atoms with Gasteiger partial charge in [-0.25, -0.2) is 0 Å². The van der Waals surface area contributed by atoms with Crippen LogP contribution in [0.2, 0.25) is 0 Å². The molecule has 0 saturated heterocycles. The smallest absolute Gasteiger partial charge is 0.127 e. The zero-order chi connectivity index (χ0) is 11.8. The molecule has 1 atom stereocenters. The highest BCUT2D eigenvalue weighted by atomic mass is 15.0. The molecular formula is C14H18N2. The lowest BCUT2D eigenvalue weighted by Gasteiger charge is -2.31. The van der Waals surface area contributed by atoms with Crippen LogP contribution in [-0.2, 0) is 0 Å². The van der Waals surface area contributed by atoms with Crippen LogP contribution in [0.25, 0.3) is 0 Å². The van der Waals surface area contributed by atoms with E-state index in [2.05, 4.69) is 37.4 Å². The van der Waals surface area contributed by atoms with Crippen molar-refractivity contribution in [1.29, 1.82) is 5.26 Å². The Morgan fingerprint density at radius 3 is 2.31 bits per heavy atom. The molecule has 1 saturated carbocycles. The first kappa shape index (κ1) is 11.0. The highest BCUT2D eigenvalue weighted by Crippen LogP contribution is 2.54. The Hall–Kier alpha value is -1.49. The predicted molar refractivity (Wildman–Crippen MR) is 66.2 cm³/mol. The number of hydrogen-bond donors (Lipinski definition) is 1. The van der Waals surface area contributed by atoms with Crippen molar-refractivity contribution < 1.29 is 0 Å². The van der Waals surface area contributed by atoms with Crippen LogP contribution in [0.5, 0.6) is 0 Å². The summed E-state index contributed by atoms with van der Waals surface area (Å²) in [5, 5.41) is 12.7. The largest absolute Gasteiger partial charge is 0.367 e. The Morgan fingerprint density at radius 1 is 1.31 bits per heavy atom. The van der Waals surface area contributed by atoms with Crippen molar-refractivity contribution in [3.8, 4) is 6.07 Å². The molecule has 1 aromatic rings. The average Bonchev–Trinajstić information content (AvgIpc) is 3.01. The second-order valence-corrected chi connectivity index (χ2v) is 5.29. The molecule has 0 bridgehead atoms. The second-order valence-electron chi connectivity index (χ2n) is 5.29. The van der Waals surface area contributed by atoms with Gasteiger partial charge in [0.05, 0.1) is 6.07 Å². The van der Waals surface area contributed by atoms with Gasteiger partial charge in [0.2, 0.25) is 0 Å². The van der Waals surface area contributed by atoms with Gasteiger partial charge >= 0.3 is 0 Å². The molecule has 0 spiro atoms. The summed E-state index contributed by atoms with van der Waals surface area (Å²) in [6, 6.07) is 10.6. The molecule has 0 amide bonds. The van der Waals surface area contributed by atoms with E-state index in [1.165, 1.54) is 5.56 Å². The molecule has 2 rings (SSSR count). The van der Waals surface area contributed by atoms with E-state index in [4.69, 9.17) is 0 Å². The predicted octanol–water partition coefficient (Wildman–Crippen LogP) is 3.49. The van der Waals surface area contributed by atoms with Gasteiger partial charge in [-0.2, -0.15) is 5.26 Å². The monoisotopic (exact) mass is 214 g/mol. The van der Waals surface area contributed by atoms with Crippen LogP contribution >= 0.6 is 0 Å². The van der Waals surface area contributed by atoms with Gasteiger partial charge in [0.15, 0.2) is 0 Å². The Kier molecular flexibility index (Phi) is 2.42. The van der Waals surface area contributed by atoms with Crippen LogP contribution < -0.4 is 5.32 Å². The molecule has 0 radical (unpaired) electrons. The van der Waals surface area contributed by atoms with Gasteiger partial charge in [0, 0.05) is 11.1 Å². The van der Waals surface area contributed by atoms with Crippen molar-refractivity contribution in [3.63, 3.8) is 0 Å². The molecule has 0 aromatic heterocycles. The molecular weight excluding hydrogens is 196 g/mol. The average molecular weight is 214 g/mol. The van der Waals surface area contributed by atoms with Crippen LogP contribution in [0.15, 0.2) is 24.3 Å². The van der Waals surface area contributed by atoms with Crippen molar-refractivity contribution >= 4 is 5.69 Å². The molecule has 84 valence electrons. The Bertz CT molecular complexity index is 423. The third-order valence-electron chi connectivity index (χ3n) is 3.88. The number of nitriles is 1. The maximum atomic E-state index is 9.36. The minimum Gasteiger partial charge on any atom is -0.367 e. The van der Waals surface area contributed by atoms with Gasteiger partial charge in [0.25, 0.3) is 0 Å².